The third-order valence-corrected chi connectivity index (χ3v) is 5.33. The number of carbonyl (C=O) groups is 1. The summed E-state index contributed by atoms with van der Waals surface area (Å²) in [5.41, 5.74) is 0. The zero-order valence-electron chi connectivity index (χ0n) is 24.3. The van der Waals surface area contributed by atoms with E-state index in [4.69, 9.17) is 4.74 Å². The molecule has 7 heteroatoms. The minimum absolute atomic E-state index is 0.0926. The van der Waals surface area contributed by atoms with Crippen molar-refractivity contribution in [3.8, 4) is 0 Å². The molecule has 0 saturated heterocycles. The van der Waals surface area contributed by atoms with Crippen molar-refractivity contribution in [2.45, 2.75) is 113 Å². The largest absolute Gasteiger partial charge is 0.382 e. The van der Waals surface area contributed by atoms with Gasteiger partial charge in [0.2, 0.25) is 5.91 Å². The van der Waals surface area contributed by atoms with Gasteiger partial charge in [-0.1, -0.05) is 80.1 Å². The van der Waals surface area contributed by atoms with Crippen LogP contribution in [0.5, 0.6) is 0 Å². The van der Waals surface area contributed by atoms with Crippen molar-refractivity contribution in [1.29, 1.82) is 0 Å². The van der Waals surface area contributed by atoms with E-state index < -0.39 is 9.84 Å². The molecule has 1 saturated carbocycles. The van der Waals surface area contributed by atoms with Crippen molar-refractivity contribution in [1.82, 2.24) is 10.6 Å². The second-order valence-electron chi connectivity index (χ2n) is 7.93. The Morgan fingerprint density at radius 2 is 1.33 bits per heavy atom. The Morgan fingerprint density at radius 1 is 0.879 bits per heavy atom. The second-order valence-corrected chi connectivity index (χ2v) is 10.2. The van der Waals surface area contributed by atoms with E-state index in [0.717, 1.165) is 32.1 Å². The van der Waals surface area contributed by atoms with Gasteiger partial charge >= 0.3 is 0 Å². The van der Waals surface area contributed by atoms with E-state index in [1.807, 2.05) is 34.7 Å². The highest BCUT2D eigenvalue weighted by Gasteiger charge is 2.09. The summed E-state index contributed by atoms with van der Waals surface area (Å²) in [6, 6.07) is 0. The molecule has 0 spiro atoms. The number of sulfone groups is 1. The zero-order chi connectivity index (χ0) is 27.0. The maximum atomic E-state index is 10.2. The van der Waals surface area contributed by atoms with E-state index >= 15 is 0 Å². The molecule has 1 rings (SSSR count). The fraction of sp³-hybridized carbons (Fsp3) is 0.962. The van der Waals surface area contributed by atoms with Crippen LogP contribution in [-0.2, 0) is 19.4 Å². The first-order valence-electron chi connectivity index (χ1n) is 13.1. The number of hydrogen-bond donors (Lipinski definition) is 2. The summed E-state index contributed by atoms with van der Waals surface area (Å²) in [4.78, 5) is 10.1. The maximum Gasteiger partial charge on any atom is 0.219 e. The Labute approximate surface area is 209 Å². The van der Waals surface area contributed by atoms with E-state index in [2.05, 4.69) is 38.3 Å². The van der Waals surface area contributed by atoms with Crippen LogP contribution >= 0.6 is 0 Å². The molecular formula is C26H62N2O4S. The molecule has 33 heavy (non-hydrogen) atoms. The van der Waals surface area contributed by atoms with E-state index in [-0.39, 0.29) is 5.91 Å². The van der Waals surface area contributed by atoms with Gasteiger partial charge in [0.25, 0.3) is 0 Å². The number of nitrogens with one attached hydrogen (secondary N) is 2. The molecule has 1 fully saturated rings. The summed E-state index contributed by atoms with van der Waals surface area (Å²) in [5, 5.41) is 5.49. The highest BCUT2D eigenvalue weighted by Crippen LogP contribution is 2.24. The molecule has 206 valence electrons. The predicted octanol–water partition coefficient (Wildman–Crippen LogP) is 6.24. The Bertz CT molecular complexity index is 400. The first-order valence-corrected chi connectivity index (χ1v) is 15.2. The fourth-order valence-corrected chi connectivity index (χ4v) is 2.71. The van der Waals surface area contributed by atoms with Gasteiger partial charge in [0, 0.05) is 38.7 Å². The highest BCUT2D eigenvalue weighted by molar-refractivity contribution is 7.90. The Balaban J connectivity index is -0.0000000955. The van der Waals surface area contributed by atoms with Crippen molar-refractivity contribution in [3.05, 3.63) is 0 Å². The molecule has 2 N–H and O–H groups in total. The normalized spacial score (nSPS) is 11.6. The van der Waals surface area contributed by atoms with Crippen LogP contribution in [0, 0.1) is 5.92 Å². The Hall–Kier alpha value is -0.660. The average molecular weight is 499 g/mol. The topological polar surface area (TPSA) is 84.5 Å². The van der Waals surface area contributed by atoms with Crippen LogP contribution in [0.2, 0.25) is 0 Å². The molecule has 1 aliphatic rings. The van der Waals surface area contributed by atoms with Gasteiger partial charge in [-0.15, -0.1) is 0 Å². The summed E-state index contributed by atoms with van der Waals surface area (Å²) in [7, 11) is 0.918. The lowest BCUT2D eigenvalue weighted by atomic mass is 9.88. The SMILES string of the molecule is CC1CCC1.CCC(=O)NC.CCCCC.CCCNC.CCCS(C)(=O)=O.CCOCC. The van der Waals surface area contributed by atoms with Gasteiger partial charge in [0.1, 0.15) is 9.84 Å². The highest BCUT2D eigenvalue weighted by atomic mass is 32.2. The van der Waals surface area contributed by atoms with Crippen molar-refractivity contribution in [3.63, 3.8) is 0 Å². The van der Waals surface area contributed by atoms with Crippen molar-refractivity contribution < 1.29 is 17.9 Å². The van der Waals surface area contributed by atoms with Crippen LogP contribution in [0.1, 0.15) is 113 Å². The minimum atomic E-state index is -2.67. The molecule has 1 aliphatic carbocycles. The minimum Gasteiger partial charge on any atom is -0.382 e. The molecule has 0 radical (unpaired) electrons. The third-order valence-electron chi connectivity index (χ3n) is 4.18. The van der Waals surface area contributed by atoms with Gasteiger partial charge in [-0.05, 0) is 46.2 Å². The molecule has 0 aliphatic heterocycles. The lowest BCUT2D eigenvalue weighted by Crippen LogP contribution is -2.15. The molecule has 1 amide bonds. The summed E-state index contributed by atoms with van der Waals surface area (Å²) in [6.07, 6.45) is 12.3. The van der Waals surface area contributed by atoms with Gasteiger partial charge < -0.3 is 15.4 Å². The number of unbranched alkanes of at least 4 members (excludes halogenated alkanes) is 2. The average Bonchev–Trinajstić information content (AvgIpc) is 2.75. The molecule has 0 atom stereocenters. The van der Waals surface area contributed by atoms with Crippen molar-refractivity contribution in [2.75, 3.05) is 45.9 Å². The van der Waals surface area contributed by atoms with E-state index in [1.165, 1.54) is 51.2 Å². The fourth-order valence-electron chi connectivity index (χ4n) is 1.97. The van der Waals surface area contributed by atoms with Gasteiger partial charge in [-0.25, -0.2) is 8.42 Å². The maximum absolute atomic E-state index is 10.2. The van der Waals surface area contributed by atoms with E-state index in [9.17, 15) is 13.2 Å². The molecule has 6 nitrogen and oxygen atoms in total. The predicted molar refractivity (Wildman–Crippen MR) is 149 cm³/mol. The summed E-state index contributed by atoms with van der Waals surface area (Å²) in [6.45, 7) is 19.4. The van der Waals surface area contributed by atoms with Crippen LogP contribution in [0.15, 0.2) is 0 Å². The van der Waals surface area contributed by atoms with Crippen molar-refractivity contribution in [2.24, 2.45) is 5.92 Å². The smallest absolute Gasteiger partial charge is 0.219 e. The first-order chi connectivity index (χ1) is 15.5. The first kappa shape index (κ1) is 42.5. The van der Waals surface area contributed by atoms with Crippen LogP contribution in [0.4, 0.5) is 0 Å². The van der Waals surface area contributed by atoms with E-state index in [0.29, 0.717) is 12.2 Å². The molecule has 0 heterocycles. The van der Waals surface area contributed by atoms with Gasteiger partial charge in [-0.3, -0.25) is 4.79 Å². The third kappa shape index (κ3) is 72.1. The van der Waals surface area contributed by atoms with E-state index in [1.54, 1.807) is 7.05 Å². The molecule has 0 aromatic rings. The second kappa shape index (κ2) is 38.6. The monoisotopic (exact) mass is 498 g/mol. The standard InChI is InChI=1S/C5H10.C5H12.C4H9NO.C4H11N.C4H10O2S.C4H10O/c1-5-3-2-4-5;1-3-5-4-2;1-3-4(6)5-2;1-3-4-5-2;1-3-4-7(2,5)6;1-3-5-4-2/h5H,2-4H2,1H3;3-5H2,1-2H3;3H2,1-2H3,(H,5,6);5H,3-4H2,1-2H3;3-4H2,1-2H3;3-4H2,1-2H3. The molecular weight excluding hydrogens is 436 g/mol. The number of carbonyl (C=O) groups excluding carboxylic acids is 1. The summed E-state index contributed by atoms with van der Waals surface area (Å²) < 4.78 is 25.3. The number of ether oxygens (including phenoxy) is 1. The molecule has 0 bridgehead atoms. The van der Waals surface area contributed by atoms with Gasteiger partial charge in [-0.2, -0.15) is 0 Å². The van der Waals surface area contributed by atoms with Crippen molar-refractivity contribution >= 4 is 15.7 Å². The Morgan fingerprint density at radius 3 is 1.33 bits per heavy atom. The van der Waals surface area contributed by atoms with Crippen LogP contribution in [0.3, 0.4) is 0 Å². The summed E-state index contributed by atoms with van der Waals surface area (Å²) in [5.74, 6) is 1.47. The number of hydrogen-bond acceptors (Lipinski definition) is 5. The lowest BCUT2D eigenvalue weighted by Gasteiger charge is -2.18. The quantitative estimate of drug-likeness (QED) is 0.393. The lowest BCUT2D eigenvalue weighted by molar-refractivity contribution is -0.120. The number of amides is 1. The summed E-state index contributed by atoms with van der Waals surface area (Å²) >= 11 is 0. The van der Waals surface area contributed by atoms with Crippen LogP contribution in [0.25, 0.3) is 0 Å². The number of rotatable bonds is 9. The Kier molecular flexibility index (Phi) is 49.7. The van der Waals surface area contributed by atoms with Crippen LogP contribution in [-0.4, -0.2) is 60.2 Å². The molecule has 0 aromatic heterocycles. The van der Waals surface area contributed by atoms with Crippen LogP contribution < -0.4 is 10.6 Å². The molecule has 0 aromatic carbocycles. The zero-order valence-corrected chi connectivity index (χ0v) is 25.1. The van der Waals surface area contributed by atoms with Gasteiger partial charge in [0.15, 0.2) is 0 Å². The molecule has 0 unspecified atom stereocenters. The van der Waals surface area contributed by atoms with Gasteiger partial charge in [0.05, 0.1) is 0 Å².